The molecule has 0 aliphatic carbocycles. The molecule has 132 valence electrons. The number of pyridine rings is 1. The van der Waals surface area contributed by atoms with E-state index in [4.69, 9.17) is 18.9 Å². The zero-order chi connectivity index (χ0) is 17.8. The van der Waals surface area contributed by atoms with Crippen LogP contribution in [0.3, 0.4) is 0 Å². The Labute approximate surface area is 149 Å². The molecular weight excluding hydrogens is 334 g/mol. The maximum absolute atomic E-state index is 13.1. The first kappa shape index (κ1) is 15.1. The molecule has 2 aliphatic rings. The molecule has 0 spiro atoms. The smallest absolute Gasteiger partial charge is 0.259 e. The molecule has 0 unspecified atom stereocenters. The van der Waals surface area contributed by atoms with Gasteiger partial charge in [-0.2, -0.15) is 0 Å². The Bertz CT molecular complexity index is 1120. The van der Waals surface area contributed by atoms with Crippen molar-refractivity contribution in [2.24, 2.45) is 0 Å². The van der Waals surface area contributed by atoms with Crippen molar-refractivity contribution in [1.82, 2.24) is 4.57 Å². The van der Waals surface area contributed by atoms with Gasteiger partial charge in [-0.25, -0.2) is 0 Å². The molecule has 5 rings (SSSR count). The van der Waals surface area contributed by atoms with Crippen LogP contribution in [0, 0.1) is 0 Å². The van der Waals surface area contributed by atoms with Crippen LogP contribution in [0.25, 0.3) is 22.0 Å². The third kappa shape index (κ3) is 2.02. The predicted molar refractivity (Wildman–Crippen MR) is 96.6 cm³/mol. The number of aryl methyl sites for hydroxylation is 1. The molecule has 0 atom stereocenters. The minimum Gasteiger partial charge on any atom is -0.493 e. The zero-order valence-electron chi connectivity index (χ0n) is 14.5. The van der Waals surface area contributed by atoms with Gasteiger partial charge in [-0.15, -0.1) is 0 Å². The number of benzene rings is 2. The van der Waals surface area contributed by atoms with Gasteiger partial charge in [-0.3, -0.25) is 4.79 Å². The van der Waals surface area contributed by atoms with E-state index in [1.807, 2.05) is 28.8 Å². The van der Waals surface area contributed by atoms with Crippen molar-refractivity contribution in [2.75, 3.05) is 21.0 Å². The molecule has 0 saturated heterocycles. The summed E-state index contributed by atoms with van der Waals surface area (Å²) in [6, 6.07) is 9.61. The molecule has 1 aromatic heterocycles. The van der Waals surface area contributed by atoms with Crippen molar-refractivity contribution in [3.8, 4) is 34.3 Å². The number of methoxy groups -OCH3 is 2. The van der Waals surface area contributed by atoms with Gasteiger partial charge in [0.1, 0.15) is 0 Å². The van der Waals surface area contributed by atoms with Gasteiger partial charge in [0.15, 0.2) is 23.0 Å². The summed E-state index contributed by atoms with van der Waals surface area (Å²) >= 11 is 0. The summed E-state index contributed by atoms with van der Waals surface area (Å²) in [5.41, 5.74) is 3.03. The van der Waals surface area contributed by atoms with E-state index in [1.165, 1.54) is 0 Å². The van der Waals surface area contributed by atoms with Gasteiger partial charge in [-0.05, 0) is 47.7 Å². The Morgan fingerprint density at radius 1 is 0.962 bits per heavy atom. The monoisotopic (exact) mass is 351 g/mol. The van der Waals surface area contributed by atoms with Crippen LogP contribution in [0.2, 0.25) is 0 Å². The van der Waals surface area contributed by atoms with E-state index < -0.39 is 0 Å². The fraction of sp³-hybridized carbons (Fsp3) is 0.250. The lowest BCUT2D eigenvalue weighted by atomic mass is 9.95. The van der Waals surface area contributed by atoms with Gasteiger partial charge >= 0.3 is 0 Å². The largest absolute Gasteiger partial charge is 0.493 e. The maximum atomic E-state index is 13.1. The van der Waals surface area contributed by atoms with Crippen molar-refractivity contribution in [3.05, 3.63) is 46.2 Å². The Kier molecular flexibility index (Phi) is 3.16. The number of nitrogens with zero attached hydrogens (tertiary/aromatic N) is 1. The maximum Gasteiger partial charge on any atom is 0.259 e. The summed E-state index contributed by atoms with van der Waals surface area (Å²) in [4.78, 5) is 13.1. The zero-order valence-corrected chi connectivity index (χ0v) is 14.5. The third-order valence-corrected chi connectivity index (χ3v) is 5.09. The van der Waals surface area contributed by atoms with Crippen LogP contribution in [0.1, 0.15) is 5.56 Å². The van der Waals surface area contributed by atoms with Crippen LogP contribution in [0.4, 0.5) is 0 Å². The number of ether oxygens (including phenoxy) is 4. The van der Waals surface area contributed by atoms with Gasteiger partial charge in [0.25, 0.3) is 5.56 Å². The number of hydrogen-bond acceptors (Lipinski definition) is 5. The summed E-state index contributed by atoms with van der Waals surface area (Å²) in [6.45, 7) is 0.866. The minimum atomic E-state index is -0.0261. The Hall–Kier alpha value is -3.15. The normalized spacial score (nSPS) is 14.1. The predicted octanol–water partition coefficient (Wildman–Crippen LogP) is 2.97. The fourth-order valence-electron chi connectivity index (χ4n) is 3.79. The van der Waals surface area contributed by atoms with Crippen LogP contribution in [0.5, 0.6) is 23.0 Å². The van der Waals surface area contributed by atoms with Gasteiger partial charge in [-0.1, -0.05) is 0 Å². The van der Waals surface area contributed by atoms with Crippen molar-refractivity contribution in [2.45, 2.75) is 13.0 Å². The van der Waals surface area contributed by atoms with Crippen molar-refractivity contribution in [3.63, 3.8) is 0 Å². The second-order valence-corrected chi connectivity index (χ2v) is 6.39. The minimum absolute atomic E-state index is 0.0261. The lowest BCUT2D eigenvalue weighted by Gasteiger charge is -2.23. The van der Waals surface area contributed by atoms with Crippen LogP contribution in [-0.4, -0.2) is 25.6 Å². The highest BCUT2D eigenvalue weighted by atomic mass is 16.7. The van der Waals surface area contributed by atoms with Crippen LogP contribution in [-0.2, 0) is 13.0 Å². The standard InChI is InChI=1S/C20H17NO5/c1-23-16-7-12-5-15-13-8-19-18(25-10-26-19)6-11(13)3-4-21(15)20(22)14(12)9-17(16)24-2/h5-9H,3-4,10H2,1-2H3. The summed E-state index contributed by atoms with van der Waals surface area (Å²) in [5.74, 6) is 2.65. The topological polar surface area (TPSA) is 58.9 Å². The molecule has 0 saturated carbocycles. The highest BCUT2D eigenvalue weighted by Gasteiger charge is 2.24. The van der Waals surface area contributed by atoms with Gasteiger partial charge in [0, 0.05) is 12.1 Å². The highest BCUT2D eigenvalue weighted by Crippen LogP contribution is 2.41. The Balaban J connectivity index is 1.80. The summed E-state index contributed by atoms with van der Waals surface area (Å²) in [6.07, 6.45) is 0.775. The molecule has 0 amide bonds. The average molecular weight is 351 g/mol. The molecule has 2 aromatic carbocycles. The van der Waals surface area contributed by atoms with E-state index in [2.05, 4.69) is 0 Å². The number of fused-ring (bicyclic) bond motifs is 5. The van der Waals surface area contributed by atoms with E-state index in [-0.39, 0.29) is 12.4 Å². The quantitative estimate of drug-likeness (QED) is 0.710. The number of aromatic nitrogens is 1. The molecule has 0 radical (unpaired) electrons. The molecule has 26 heavy (non-hydrogen) atoms. The van der Waals surface area contributed by atoms with Crippen LogP contribution in [0.15, 0.2) is 35.1 Å². The SMILES string of the molecule is COc1cc2cc3n(c(=O)c2cc1OC)CCc1cc2c(cc1-3)OCO2. The van der Waals surface area contributed by atoms with Gasteiger partial charge in [0.2, 0.25) is 6.79 Å². The van der Waals surface area contributed by atoms with E-state index >= 15 is 0 Å². The molecular formula is C20H17NO5. The molecule has 6 nitrogen and oxygen atoms in total. The first-order valence-electron chi connectivity index (χ1n) is 8.42. The molecule has 0 N–H and O–H groups in total. The Morgan fingerprint density at radius 2 is 1.69 bits per heavy atom. The molecule has 0 bridgehead atoms. The van der Waals surface area contributed by atoms with Crippen molar-refractivity contribution in [1.29, 1.82) is 0 Å². The first-order valence-corrected chi connectivity index (χ1v) is 8.42. The Morgan fingerprint density at radius 3 is 2.46 bits per heavy atom. The van der Waals surface area contributed by atoms with E-state index in [1.54, 1.807) is 20.3 Å². The van der Waals surface area contributed by atoms with Gasteiger partial charge < -0.3 is 23.5 Å². The second-order valence-electron chi connectivity index (χ2n) is 6.39. The van der Waals surface area contributed by atoms with E-state index in [0.717, 1.165) is 40.1 Å². The van der Waals surface area contributed by atoms with Crippen LogP contribution >= 0.6 is 0 Å². The highest BCUT2D eigenvalue weighted by molar-refractivity contribution is 5.89. The fourth-order valence-corrected chi connectivity index (χ4v) is 3.79. The average Bonchev–Trinajstić information content (AvgIpc) is 3.13. The molecule has 0 fully saturated rings. The summed E-state index contributed by atoms with van der Waals surface area (Å²) < 4.78 is 23.6. The molecule has 2 aliphatic heterocycles. The third-order valence-electron chi connectivity index (χ3n) is 5.09. The second kappa shape index (κ2) is 5.42. The number of rotatable bonds is 2. The van der Waals surface area contributed by atoms with Crippen molar-refractivity contribution < 1.29 is 18.9 Å². The lowest BCUT2D eigenvalue weighted by Crippen LogP contribution is -2.26. The van der Waals surface area contributed by atoms with Crippen LogP contribution < -0.4 is 24.5 Å². The summed E-state index contributed by atoms with van der Waals surface area (Å²) in [5, 5.41) is 1.44. The lowest BCUT2D eigenvalue weighted by molar-refractivity contribution is 0.174. The van der Waals surface area contributed by atoms with Gasteiger partial charge in [0.05, 0.1) is 25.3 Å². The number of hydrogen-bond donors (Lipinski definition) is 0. The molecule has 3 heterocycles. The first-order chi connectivity index (χ1) is 12.7. The summed E-state index contributed by atoms with van der Waals surface area (Å²) in [7, 11) is 3.16. The molecule has 6 heteroatoms. The molecule has 3 aromatic rings. The van der Waals surface area contributed by atoms with Crippen molar-refractivity contribution >= 4 is 10.8 Å². The van der Waals surface area contributed by atoms with E-state index in [9.17, 15) is 4.79 Å². The van der Waals surface area contributed by atoms with E-state index in [0.29, 0.717) is 23.4 Å².